The molecule has 0 aliphatic rings. The van der Waals surface area contributed by atoms with Crippen LogP contribution in [-0.2, 0) is 15.7 Å². The van der Waals surface area contributed by atoms with Crippen LogP contribution < -0.4 is 15.4 Å². The molecule has 0 spiro atoms. The maximum atomic E-state index is 14.0. The second kappa shape index (κ2) is 9.73. The lowest BCUT2D eigenvalue weighted by Crippen LogP contribution is -2.69. The first-order chi connectivity index (χ1) is 15.2. The molecule has 180 valence electrons. The van der Waals surface area contributed by atoms with Crippen LogP contribution in [0.1, 0.15) is 12.5 Å². The molecule has 2 aromatic rings. The molecule has 0 aromatic heterocycles. The van der Waals surface area contributed by atoms with E-state index in [2.05, 4.69) is 4.74 Å². The van der Waals surface area contributed by atoms with Gasteiger partial charge >= 0.3 is 30.1 Å². The summed E-state index contributed by atoms with van der Waals surface area (Å²) in [6.45, 7) is 0.631. The minimum Gasteiger partial charge on any atom is -0.461 e. The average Bonchev–Trinajstić information content (AvgIpc) is 2.69. The number of alkyl halides is 6. The molecular weight excluding hydrogens is 489 g/mol. The third-order valence-electron chi connectivity index (χ3n) is 3.88. The van der Waals surface area contributed by atoms with E-state index in [1.54, 1.807) is 5.32 Å². The quantitative estimate of drug-likeness (QED) is 0.310. The molecule has 0 bridgehead atoms. The predicted octanol–water partition coefficient (Wildman–Crippen LogP) is 5.52. The Morgan fingerprint density at radius 3 is 2.12 bits per heavy atom. The highest BCUT2D eigenvalue weighted by atomic mass is 35.5. The molecule has 0 saturated carbocycles. The van der Waals surface area contributed by atoms with E-state index in [9.17, 15) is 40.3 Å². The highest BCUT2D eigenvalue weighted by Crippen LogP contribution is 2.36. The van der Waals surface area contributed by atoms with Gasteiger partial charge in [-0.1, -0.05) is 11.6 Å². The predicted molar refractivity (Wildman–Crippen MR) is 101 cm³/mol. The molecular formula is C19H14ClF7N2O4. The molecule has 2 amide bonds. The maximum absolute atomic E-state index is 14.0. The number of urea groups is 1. The number of esters is 1. The second-order valence-corrected chi connectivity index (χ2v) is 6.63. The van der Waals surface area contributed by atoms with Crippen LogP contribution >= 0.6 is 11.6 Å². The highest BCUT2D eigenvalue weighted by molar-refractivity contribution is 6.33. The molecule has 1 atom stereocenters. The Hall–Kier alpha value is -3.22. The first-order valence-corrected chi connectivity index (χ1v) is 9.22. The minimum absolute atomic E-state index is 0.377. The van der Waals surface area contributed by atoms with Gasteiger partial charge in [-0.3, -0.25) is 5.32 Å². The lowest BCUT2D eigenvalue weighted by molar-refractivity contribution is -0.259. The van der Waals surface area contributed by atoms with Gasteiger partial charge in [0.1, 0.15) is 11.6 Å². The van der Waals surface area contributed by atoms with Crippen LogP contribution in [0.2, 0.25) is 5.02 Å². The summed E-state index contributed by atoms with van der Waals surface area (Å²) >= 11 is 5.72. The first kappa shape index (κ1) is 26.0. The summed E-state index contributed by atoms with van der Waals surface area (Å²) in [5.74, 6) is -3.60. The number of ether oxygens (including phenoxy) is 2. The Morgan fingerprint density at radius 2 is 1.61 bits per heavy atom. The molecule has 2 N–H and O–H groups in total. The number of rotatable bonds is 6. The number of hydrogen-bond donors (Lipinski definition) is 2. The second-order valence-electron chi connectivity index (χ2n) is 6.23. The molecule has 2 rings (SSSR count). The largest absolute Gasteiger partial charge is 0.461 e. The normalized spacial score (nSPS) is 13.6. The molecule has 0 fully saturated rings. The maximum Gasteiger partial charge on any atom is 0.460 e. The summed E-state index contributed by atoms with van der Waals surface area (Å²) in [5, 5.41) is 2.52. The molecule has 6 nitrogen and oxygen atoms in total. The molecule has 0 aliphatic carbocycles. The van der Waals surface area contributed by atoms with Crippen LogP contribution in [0, 0.1) is 5.82 Å². The van der Waals surface area contributed by atoms with Crippen LogP contribution in [0.15, 0.2) is 42.5 Å². The van der Waals surface area contributed by atoms with E-state index in [1.165, 1.54) is 12.2 Å². The van der Waals surface area contributed by atoms with Gasteiger partial charge in [0, 0.05) is 0 Å². The van der Waals surface area contributed by atoms with Crippen molar-refractivity contribution >= 4 is 29.3 Å². The Kier molecular flexibility index (Phi) is 7.68. The number of carbonyl (C=O) groups is 2. The average molecular weight is 503 g/mol. The van der Waals surface area contributed by atoms with Crippen molar-refractivity contribution in [3.05, 3.63) is 58.9 Å². The van der Waals surface area contributed by atoms with Crippen molar-refractivity contribution in [2.45, 2.75) is 25.0 Å². The van der Waals surface area contributed by atoms with E-state index in [1.807, 2.05) is 0 Å². The van der Waals surface area contributed by atoms with Crippen molar-refractivity contribution in [3.63, 3.8) is 0 Å². The number of anilines is 1. The standard InChI is InChI=1S/C19H14ClF7N2O4/c1-2-32-15(30)17(19(25,26)27,33-12-6-4-11(21)5-7-12)29-16(31)28-14-9-10(18(22,23)24)3-8-13(14)20/h3-9H,2H2,1H3,(H2,28,29,31)/t17-/m1/s1. The van der Waals surface area contributed by atoms with Crippen LogP contribution in [0.4, 0.5) is 41.2 Å². The fourth-order valence-corrected chi connectivity index (χ4v) is 2.55. The molecule has 0 unspecified atom stereocenters. The molecule has 0 heterocycles. The van der Waals surface area contributed by atoms with Gasteiger partial charge in [0.05, 0.1) is 22.9 Å². The third kappa shape index (κ3) is 6.18. The zero-order chi connectivity index (χ0) is 25.0. The van der Waals surface area contributed by atoms with Crippen molar-refractivity contribution in [3.8, 4) is 5.75 Å². The Bertz CT molecular complexity index is 1010. The van der Waals surface area contributed by atoms with Crippen molar-refractivity contribution in [1.82, 2.24) is 5.32 Å². The number of hydrogen-bond acceptors (Lipinski definition) is 4. The number of halogens is 8. The van der Waals surface area contributed by atoms with E-state index in [4.69, 9.17) is 16.3 Å². The lowest BCUT2D eigenvalue weighted by Gasteiger charge is -2.34. The molecule has 0 radical (unpaired) electrons. The minimum atomic E-state index is -5.64. The Labute approximate surface area is 186 Å². The molecule has 33 heavy (non-hydrogen) atoms. The van der Waals surface area contributed by atoms with Crippen molar-refractivity contribution in [2.75, 3.05) is 11.9 Å². The molecule has 0 aliphatic heterocycles. The molecule has 0 saturated heterocycles. The fourth-order valence-electron chi connectivity index (χ4n) is 2.39. The molecule has 2 aromatic carbocycles. The first-order valence-electron chi connectivity index (χ1n) is 8.84. The number of nitrogens with one attached hydrogen (secondary N) is 2. The summed E-state index contributed by atoms with van der Waals surface area (Å²) in [7, 11) is 0. The topological polar surface area (TPSA) is 76.7 Å². The summed E-state index contributed by atoms with van der Waals surface area (Å²) in [5.41, 5.74) is -6.10. The van der Waals surface area contributed by atoms with Gasteiger partial charge in [-0.25, -0.2) is 14.0 Å². The van der Waals surface area contributed by atoms with E-state index in [0.29, 0.717) is 12.1 Å². The van der Waals surface area contributed by atoms with Crippen LogP contribution in [0.3, 0.4) is 0 Å². The summed E-state index contributed by atoms with van der Waals surface area (Å²) in [4.78, 5) is 24.6. The van der Waals surface area contributed by atoms with Gasteiger partial charge in [-0.05, 0) is 49.4 Å². The zero-order valence-corrected chi connectivity index (χ0v) is 17.2. The van der Waals surface area contributed by atoms with Crippen LogP contribution in [0.25, 0.3) is 0 Å². The van der Waals surface area contributed by atoms with Gasteiger partial charge < -0.3 is 14.8 Å². The number of carbonyl (C=O) groups excluding carboxylic acids is 2. The highest BCUT2D eigenvalue weighted by Gasteiger charge is 2.66. The van der Waals surface area contributed by atoms with Gasteiger partial charge in [0.25, 0.3) is 0 Å². The summed E-state index contributed by atoms with van der Waals surface area (Å²) in [6.07, 6.45) is -10.5. The fraction of sp³-hybridized carbons (Fsp3) is 0.263. The monoisotopic (exact) mass is 502 g/mol. The Morgan fingerprint density at radius 1 is 1.00 bits per heavy atom. The smallest absolute Gasteiger partial charge is 0.460 e. The van der Waals surface area contributed by atoms with Crippen molar-refractivity contribution in [2.24, 2.45) is 0 Å². The SMILES string of the molecule is CCOC(=O)[C@@](NC(=O)Nc1cc(C(F)(F)F)ccc1Cl)(Oc1ccc(F)cc1)C(F)(F)F. The zero-order valence-electron chi connectivity index (χ0n) is 16.4. The van der Waals surface area contributed by atoms with Gasteiger partial charge in [-0.2, -0.15) is 26.3 Å². The number of amides is 2. The van der Waals surface area contributed by atoms with Crippen LogP contribution in [0.5, 0.6) is 5.75 Å². The van der Waals surface area contributed by atoms with Gasteiger partial charge in [0.15, 0.2) is 0 Å². The van der Waals surface area contributed by atoms with Crippen molar-refractivity contribution < 1.29 is 49.8 Å². The third-order valence-corrected chi connectivity index (χ3v) is 4.21. The summed E-state index contributed by atoms with van der Waals surface area (Å²) in [6, 6.07) is 2.87. The van der Waals surface area contributed by atoms with E-state index < -0.39 is 64.5 Å². The van der Waals surface area contributed by atoms with E-state index in [0.717, 1.165) is 30.3 Å². The van der Waals surface area contributed by atoms with Crippen LogP contribution in [-0.4, -0.2) is 30.5 Å². The summed E-state index contributed by atoms with van der Waals surface area (Å²) < 4.78 is 103. The van der Waals surface area contributed by atoms with E-state index in [-0.39, 0.29) is 0 Å². The van der Waals surface area contributed by atoms with Crippen molar-refractivity contribution in [1.29, 1.82) is 0 Å². The number of benzene rings is 2. The Balaban J connectivity index is 2.44. The van der Waals surface area contributed by atoms with E-state index >= 15 is 0 Å². The van der Waals surface area contributed by atoms with Gasteiger partial charge in [0.2, 0.25) is 0 Å². The van der Waals surface area contributed by atoms with Gasteiger partial charge in [-0.15, -0.1) is 0 Å². The molecule has 14 heteroatoms. The lowest BCUT2D eigenvalue weighted by atomic mass is 10.2.